The molecule has 0 amide bonds. The average molecular weight is 1330 g/mol. The van der Waals surface area contributed by atoms with Crippen molar-refractivity contribution in [3.63, 3.8) is 0 Å². The summed E-state index contributed by atoms with van der Waals surface area (Å²) < 4.78 is 106. The van der Waals surface area contributed by atoms with E-state index in [-0.39, 0.29) is 79.3 Å². The molecule has 3 fully saturated rings. The summed E-state index contributed by atoms with van der Waals surface area (Å²) in [6.07, 6.45) is -16.1. The molecule has 3 heterocycles. The van der Waals surface area contributed by atoms with Gasteiger partial charge in [-0.15, -0.1) is 0 Å². The Bertz CT molecular complexity index is 3610. The molecule has 0 aliphatic carbocycles. The van der Waals surface area contributed by atoms with Crippen molar-refractivity contribution in [3.05, 3.63) is 323 Å². The number of methoxy groups -OCH3 is 1. The van der Waals surface area contributed by atoms with Crippen LogP contribution in [-0.2, 0) is 131 Å². The van der Waals surface area contributed by atoms with Crippen LogP contribution in [0.25, 0.3) is 0 Å². The minimum absolute atomic E-state index is 0.0202. The van der Waals surface area contributed by atoms with Gasteiger partial charge >= 0.3 is 0 Å². The summed E-state index contributed by atoms with van der Waals surface area (Å²) in [5, 5.41) is 13.4. The summed E-state index contributed by atoms with van der Waals surface area (Å²) in [6, 6.07) is 89.1. The summed E-state index contributed by atoms with van der Waals surface area (Å²) in [4.78, 5) is 0. The van der Waals surface area contributed by atoms with Crippen molar-refractivity contribution in [1.29, 1.82) is 0 Å². The minimum atomic E-state index is -1.47. The second kappa shape index (κ2) is 37.5. The first-order chi connectivity index (χ1) is 48.5. The molecule has 0 unspecified atom stereocenters. The third kappa shape index (κ3) is 20.3. The van der Waals surface area contributed by atoms with Crippen molar-refractivity contribution in [1.82, 2.24) is 0 Å². The van der Waals surface area contributed by atoms with Crippen LogP contribution in [0.4, 0.5) is 0 Å². The van der Waals surface area contributed by atoms with E-state index in [2.05, 4.69) is 0 Å². The van der Waals surface area contributed by atoms with E-state index in [1.165, 1.54) is 0 Å². The van der Waals surface area contributed by atoms with Crippen LogP contribution in [0.1, 0.15) is 50.1 Å². The Morgan fingerprint density at radius 3 is 0.796 bits per heavy atom. The van der Waals surface area contributed by atoms with Crippen molar-refractivity contribution < 1.29 is 76.2 Å². The predicted octanol–water partition coefficient (Wildman–Crippen LogP) is 13.1. The number of hydrogen-bond acceptors (Lipinski definition) is 16. The summed E-state index contributed by atoms with van der Waals surface area (Å²) in [5.74, 6) is 0. The van der Waals surface area contributed by atoms with Gasteiger partial charge in [-0.25, -0.2) is 0 Å². The fourth-order valence-corrected chi connectivity index (χ4v) is 12.4. The van der Waals surface area contributed by atoms with Crippen LogP contribution in [0, 0.1) is 0 Å². The Balaban J connectivity index is 0.959. The molecule has 512 valence electrons. The molecule has 3 aliphatic rings. The topological polar surface area (TPSA) is 159 Å². The molecule has 1 N–H and O–H groups in total. The molecular weight excluding hydrogens is 1240 g/mol. The highest BCUT2D eigenvalue weighted by molar-refractivity contribution is 5.21. The van der Waals surface area contributed by atoms with Gasteiger partial charge in [0, 0.05) is 7.11 Å². The zero-order chi connectivity index (χ0) is 66.8. The van der Waals surface area contributed by atoms with Gasteiger partial charge in [0.1, 0.15) is 73.2 Å². The minimum Gasteiger partial charge on any atom is -0.387 e. The molecule has 16 heteroatoms. The first-order valence-electron chi connectivity index (χ1n) is 33.7. The standard InChI is InChI=1S/C82H88O16/c1-84-80-78(92-54-66-43-25-9-26-44-66)76(90-52-64-39-21-7-22-40-64)73(70(95-80)58-87-49-61-33-15-4-16-34-61)97-81-77(91-53-65-41-23-8-24-42-65)74(71(83)68(94-81)56-85-47-59-29-11-2-12-30-59)98-82-79(93-55-67-45-27-10-28-46-67)75(89-51-63-37-19-6-20-38-63)72(88-50-62-35-17-5-18-36-62)69(96-82)57-86-48-60-31-13-3-14-32-60/h2-46,68-83H,47-58H2,1H3/t68-,69-,70-,71+,72-,73-,74+,75+,76+,77-,78-,79-,80-,81+,82+/m1/s1. The summed E-state index contributed by atoms with van der Waals surface area (Å²) in [6.45, 7) is 1.62. The van der Waals surface area contributed by atoms with Crippen LogP contribution < -0.4 is 0 Å². The van der Waals surface area contributed by atoms with E-state index < -0.39 is 92.1 Å². The van der Waals surface area contributed by atoms with Crippen LogP contribution in [0.5, 0.6) is 0 Å². The lowest BCUT2D eigenvalue weighted by Crippen LogP contribution is -2.68. The van der Waals surface area contributed by atoms with Crippen LogP contribution >= 0.6 is 0 Å². The maximum absolute atomic E-state index is 13.4. The van der Waals surface area contributed by atoms with Gasteiger partial charge in [-0.3, -0.25) is 0 Å². The number of aliphatic hydroxyl groups excluding tert-OH is 1. The number of aliphatic hydroxyl groups is 1. The van der Waals surface area contributed by atoms with Gasteiger partial charge < -0.3 is 76.2 Å². The Morgan fingerprint density at radius 1 is 0.245 bits per heavy atom. The fourth-order valence-electron chi connectivity index (χ4n) is 12.4. The molecule has 15 atom stereocenters. The van der Waals surface area contributed by atoms with E-state index in [1.54, 1.807) is 7.11 Å². The maximum atomic E-state index is 13.4. The van der Waals surface area contributed by atoms with Gasteiger partial charge in [0.15, 0.2) is 18.9 Å². The van der Waals surface area contributed by atoms with E-state index in [0.717, 1.165) is 50.1 Å². The average Bonchev–Trinajstić information content (AvgIpc) is 0.770. The highest BCUT2D eigenvalue weighted by Gasteiger charge is 2.57. The maximum Gasteiger partial charge on any atom is 0.187 e. The molecule has 0 bridgehead atoms. The number of benzene rings is 9. The molecule has 12 rings (SSSR count). The molecule has 0 aromatic heterocycles. The second-order valence-electron chi connectivity index (χ2n) is 24.6. The summed E-state index contributed by atoms with van der Waals surface area (Å²) >= 11 is 0. The van der Waals surface area contributed by atoms with Crippen molar-refractivity contribution in [2.45, 2.75) is 152 Å². The molecule has 0 spiro atoms. The van der Waals surface area contributed by atoms with Crippen molar-refractivity contribution in [2.75, 3.05) is 26.9 Å². The van der Waals surface area contributed by atoms with E-state index in [1.807, 2.05) is 273 Å². The molecule has 98 heavy (non-hydrogen) atoms. The molecule has 3 aliphatic heterocycles. The zero-order valence-electron chi connectivity index (χ0n) is 55.2. The van der Waals surface area contributed by atoms with Gasteiger partial charge in [0.05, 0.1) is 79.3 Å². The highest BCUT2D eigenvalue weighted by Crippen LogP contribution is 2.39. The van der Waals surface area contributed by atoms with Crippen LogP contribution in [0.2, 0.25) is 0 Å². The molecule has 9 aromatic rings. The van der Waals surface area contributed by atoms with Gasteiger partial charge in [0.25, 0.3) is 0 Å². The van der Waals surface area contributed by atoms with Gasteiger partial charge in [-0.05, 0) is 50.1 Å². The molecule has 0 radical (unpaired) electrons. The van der Waals surface area contributed by atoms with E-state index in [0.29, 0.717) is 0 Å². The number of rotatable bonds is 35. The lowest BCUT2D eigenvalue weighted by molar-refractivity contribution is -0.393. The molecule has 16 nitrogen and oxygen atoms in total. The fraction of sp³-hybridized carbons (Fsp3) is 0.341. The first kappa shape index (κ1) is 70.2. The Hall–Kier alpha value is -7.66. The third-order valence-electron chi connectivity index (χ3n) is 17.5. The molecule has 9 aromatic carbocycles. The van der Waals surface area contributed by atoms with Gasteiger partial charge in [-0.1, -0.05) is 273 Å². The number of hydrogen-bond donors (Lipinski definition) is 1. The quantitative estimate of drug-likeness (QED) is 0.0399. The van der Waals surface area contributed by atoms with Crippen molar-refractivity contribution in [2.24, 2.45) is 0 Å². The van der Waals surface area contributed by atoms with Crippen LogP contribution in [-0.4, -0.2) is 124 Å². The Labute approximate surface area is 575 Å². The Morgan fingerprint density at radius 2 is 0.469 bits per heavy atom. The second-order valence-corrected chi connectivity index (χ2v) is 24.6. The van der Waals surface area contributed by atoms with Crippen LogP contribution in [0.3, 0.4) is 0 Å². The van der Waals surface area contributed by atoms with E-state index in [4.69, 9.17) is 71.1 Å². The van der Waals surface area contributed by atoms with Gasteiger partial charge in [-0.2, -0.15) is 0 Å². The normalized spacial score (nSPS) is 25.6. The predicted molar refractivity (Wildman–Crippen MR) is 367 cm³/mol. The lowest BCUT2D eigenvalue weighted by Gasteiger charge is -2.51. The molecule has 0 saturated carbocycles. The van der Waals surface area contributed by atoms with Crippen molar-refractivity contribution >= 4 is 0 Å². The lowest BCUT2D eigenvalue weighted by atomic mass is 9.95. The Kier molecular flexibility index (Phi) is 26.9. The number of ether oxygens (including phenoxy) is 15. The molecule has 3 saturated heterocycles. The highest BCUT2D eigenvalue weighted by atomic mass is 16.8. The van der Waals surface area contributed by atoms with Crippen molar-refractivity contribution in [3.8, 4) is 0 Å². The van der Waals surface area contributed by atoms with E-state index in [9.17, 15) is 5.11 Å². The summed E-state index contributed by atoms with van der Waals surface area (Å²) in [7, 11) is 1.58. The van der Waals surface area contributed by atoms with E-state index >= 15 is 0 Å². The third-order valence-corrected chi connectivity index (χ3v) is 17.5. The van der Waals surface area contributed by atoms with Gasteiger partial charge in [0.2, 0.25) is 0 Å². The smallest absolute Gasteiger partial charge is 0.187 e. The summed E-state index contributed by atoms with van der Waals surface area (Å²) in [5.41, 5.74) is 8.30. The SMILES string of the molecule is CO[C@@H]1O[C@H](COCc2ccccc2)[C@@H](O[C@@H]2O[C@H](COCc3ccccc3)[C@H](O)[C@H](O[C@@H]3O[C@H](COCc4ccccc4)[C@@H](OCc4ccccc4)[C@H](OCc4ccccc4)[C@H]3OCc3ccccc3)[C@H]2OCc2ccccc2)[C@H](OCc2ccccc2)[C@H]1OCc1ccccc1. The first-order valence-corrected chi connectivity index (χ1v) is 33.7. The zero-order valence-corrected chi connectivity index (χ0v) is 55.2. The largest absolute Gasteiger partial charge is 0.387 e. The van der Waals surface area contributed by atoms with Crippen LogP contribution in [0.15, 0.2) is 273 Å². The monoisotopic (exact) mass is 1330 g/mol. The molecular formula is C82H88O16.